The number of fused-ring (bicyclic) bond motifs is 8. The Kier molecular flexibility index (Phi) is 6.75. The zero-order chi connectivity index (χ0) is 23.3. The van der Waals surface area contributed by atoms with Crippen molar-refractivity contribution in [3.05, 3.63) is 70.3 Å². The average molecular weight is 451 g/mol. The van der Waals surface area contributed by atoms with Gasteiger partial charge in [-0.25, -0.2) is 9.97 Å². The van der Waals surface area contributed by atoms with Crippen LogP contribution in [0.15, 0.2) is 36.4 Å². The molecule has 0 fully saturated rings. The number of aromatic nitrogens is 4. The Balaban J connectivity index is 1.77. The highest BCUT2D eigenvalue weighted by Gasteiger charge is 2.14. The molecule has 2 aliphatic heterocycles. The molecule has 0 saturated carbocycles. The van der Waals surface area contributed by atoms with Crippen molar-refractivity contribution < 1.29 is 0 Å². The quantitative estimate of drug-likeness (QED) is 0.234. The summed E-state index contributed by atoms with van der Waals surface area (Å²) in [6.45, 7) is 4.51. The second kappa shape index (κ2) is 10.3. The number of nitrogens with zero attached hydrogens (tertiary/aromatic N) is 2. The van der Waals surface area contributed by atoms with Crippen molar-refractivity contribution in [2.45, 2.75) is 65.2 Å². The summed E-state index contributed by atoms with van der Waals surface area (Å²) in [7, 11) is 0. The van der Waals surface area contributed by atoms with Crippen LogP contribution < -0.4 is 0 Å². The molecule has 4 heteroatoms. The normalized spacial score (nSPS) is 12.5. The van der Waals surface area contributed by atoms with Gasteiger partial charge in [-0.2, -0.15) is 0 Å². The van der Waals surface area contributed by atoms with Crippen molar-refractivity contribution in [3.63, 3.8) is 0 Å². The lowest BCUT2D eigenvalue weighted by Crippen LogP contribution is -1.96. The fourth-order valence-corrected chi connectivity index (χ4v) is 4.81. The van der Waals surface area contributed by atoms with Crippen molar-refractivity contribution in [2.24, 2.45) is 0 Å². The zero-order valence-corrected chi connectivity index (χ0v) is 20.3. The molecule has 3 aromatic rings. The van der Waals surface area contributed by atoms with Crippen molar-refractivity contribution in [1.29, 1.82) is 0 Å². The Hall–Kier alpha value is -3.40. The van der Waals surface area contributed by atoms with E-state index in [9.17, 15) is 0 Å². The molecule has 2 aliphatic rings. The molecule has 0 saturated heterocycles. The Morgan fingerprint density at radius 2 is 1.18 bits per heavy atom. The zero-order valence-electron chi connectivity index (χ0n) is 20.3. The van der Waals surface area contributed by atoms with Gasteiger partial charge in [0.05, 0.1) is 22.8 Å². The fraction of sp³-hybridized carbons (Fsp3) is 0.333. The highest BCUT2D eigenvalue weighted by Crippen LogP contribution is 2.26. The first kappa shape index (κ1) is 22.4. The molecule has 5 rings (SSSR count). The van der Waals surface area contributed by atoms with Crippen LogP contribution in [-0.2, 0) is 12.8 Å². The summed E-state index contributed by atoms with van der Waals surface area (Å²) < 4.78 is 0. The monoisotopic (exact) mass is 450 g/mol. The molecule has 174 valence electrons. The van der Waals surface area contributed by atoms with E-state index >= 15 is 0 Å². The predicted octanol–water partition coefficient (Wildman–Crippen LogP) is 8.12. The van der Waals surface area contributed by atoms with Crippen molar-refractivity contribution in [1.82, 2.24) is 19.9 Å². The van der Waals surface area contributed by atoms with Gasteiger partial charge < -0.3 is 9.97 Å². The highest BCUT2D eigenvalue weighted by molar-refractivity contribution is 5.81. The summed E-state index contributed by atoms with van der Waals surface area (Å²) in [5.41, 5.74) is 11.1. The molecule has 8 bridgehead atoms. The van der Waals surface area contributed by atoms with E-state index in [-0.39, 0.29) is 0 Å². The van der Waals surface area contributed by atoms with E-state index in [1.807, 2.05) is 0 Å². The topological polar surface area (TPSA) is 57.4 Å². The Bertz CT molecular complexity index is 1380. The Labute approximate surface area is 201 Å². The first-order valence-electron chi connectivity index (χ1n) is 12.8. The molecular formula is C30H34N4. The van der Waals surface area contributed by atoms with E-state index in [4.69, 9.17) is 9.97 Å². The molecule has 4 nitrogen and oxygen atoms in total. The number of aryl methyl sites for hydroxylation is 1. The SMILES string of the molecule is CCCCCc1c2nc(cc3ccc(cc4ccc([nH]4)c(CCCCC)c4nc1C=C4)[nH]3)C=C2. The molecule has 34 heavy (non-hydrogen) atoms. The van der Waals surface area contributed by atoms with E-state index in [2.05, 4.69) is 84.5 Å². The van der Waals surface area contributed by atoms with Crippen LogP contribution in [-0.4, -0.2) is 19.9 Å². The first-order chi connectivity index (χ1) is 16.7. The van der Waals surface area contributed by atoms with Crippen molar-refractivity contribution >= 4 is 46.4 Å². The summed E-state index contributed by atoms with van der Waals surface area (Å²) in [4.78, 5) is 17.3. The second-order valence-corrected chi connectivity index (χ2v) is 9.33. The molecule has 5 heterocycles. The third kappa shape index (κ3) is 4.91. The predicted molar refractivity (Wildman–Crippen MR) is 145 cm³/mol. The van der Waals surface area contributed by atoms with Crippen LogP contribution in [0.1, 0.15) is 86.3 Å². The van der Waals surface area contributed by atoms with Gasteiger partial charge in [0.25, 0.3) is 0 Å². The van der Waals surface area contributed by atoms with Crippen LogP contribution in [0.25, 0.3) is 46.4 Å². The number of H-pyrrole nitrogens is 2. The number of aromatic amines is 2. The lowest BCUT2D eigenvalue weighted by molar-refractivity contribution is 0.713. The molecule has 0 atom stereocenters. The van der Waals surface area contributed by atoms with Crippen LogP contribution in [0.4, 0.5) is 0 Å². The molecule has 0 unspecified atom stereocenters. The van der Waals surface area contributed by atoms with Crippen molar-refractivity contribution in [2.75, 3.05) is 0 Å². The first-order valence-corrected chi connectivity index (χ1v) is 12.8. The van der Waals surface area contributed by atoms with Gasteiger partial charge in [-0.3, -0.25) is 0 Å². The number of rotatable bonds is 8. The van der Waals surface area contributed by atoms with E-state index in [1.165, 1.54) is 48.7 Å². The van der Waals surface area contributed by atoms with Gasteiger partial charge in [-0.15, -0.1) is 0 Å². The summed E-state index contributed by atoms with van der Waals surface area (Å²) in [6.07, 6.45) is 17.9. The minimum atomic E-state index is 0.976. The Morgan fingerprint density at radius 1 is 0.588 bits per heavy atom. The number of nitrogens with one attached hydrogen (secondary N) is 2. The minimum Gasteiger partial charge on any atom is -0.355 e. The van der Waals surface area contributed by atoms with Gasteiger partial charge in [0.1, 0.15) is 0 Å². The minimum absolute atomic E-state index is 0.976. The lowest BCUT2D eigenvalue weighted by Gasteiger charge is -2.05. The lowest BCUT2D eigenvalue weighted by atomic mass is 10.0. The third-order valence-corrected chi connectivity index (χ3v) is 6.67. The molecule has 0 amide bonds. The van der Waals surface area contributed by atoms with E-state index in [1.54, 1.807) is 0 Å². The molecule has 0 radical (unpaired) electrons. The fourth-order valence-electron chi connectivity index (χ4n) is 4.81. The standard InChI is InChI=1S/C30H34N4/c1-3-5-7-9-25-27-15-13-23(32-27)19-21-11-12-22(31-21)20-24-14-16-28(33-24)26(10-8-6-4-2)30-18-17-29(25)34-30/h11-20,31-32H,3-10H2,1-2H3. The molecule has 3 aromatic heterocycles. The molecular weight excluding hydrogens is 416 g/mol. The molecule has 2 N–H and O–H groups in total. The Morgan fingerprint density at radius 3 is 1.94 bits per heavy atom. The average Bonchev–Trinajstić information content (AvgIpc) is 3.63. The summed E-state index contributed by atoms with van der Waals surface area (Å²) in [5, 5.41) is 0. The van der Waals surface area contributed by atoms with E-state index in [0.29, 0.717) is 0 Å². The number of hydrogen-bond acceptors (Lipinski definition) is 2. The van der Waals surface area contributed by atoms with E-state index in [0.717, 1.165) is 58.6 Å². The second-order valence-electron chi connectivity index (χ2n) is 9.33. The van der Waals surface area contributed by atoms with Crippen molar-refractivity contribution in [3.8, 4) is 0 Å². The van der Waals surface area contributed by atoms with Crippen LogP contribution in [0.2, 0.25) is 0 Å². The summed E-state index contributed by atoms with van der Waals surface area (Å²) >= 11 is 0. The van der Waals surface area contributed by atoms with Gasteiger partial charge in [-0.05, 0) is 86.4 Å². The van der Waals surface area contributed by atoms with Crippen LogP contribution in [0, 0.1) is 0 Å². The molecule has 0 spiro atoms. The van der Waals surface area contributed by atoms with Gasteiger partial charge in [0, 0.05) is 33.2 Å². The van der Waals surface area contributed by atoms with Crippen LogP contribution >= 0.6 is 0 Å². The van der Waals surface area contributed by atoms with Gasteiger partial charge in [0.15, 0.2) is 0 Å². The maximum Gasteiger partial charge on any atom is 0.0691 e. The molecule has 0 aliphatic carbocycles. The summed E-state index contributed by atoms with van der Waals surface area (Å²) in [5.74, 6) is 0. The van der Waals surface area contributed by atoms with E-state index < -0.39 is 0 Å². The highest BCUT2D eigenvalue weighted by atomic mass is 14.8. The molecule has 0 aromatic carbocycles. The largest absolute Gasteiger partial charge is 0.355 e. The van der Waals surface area contributed by atoms with Crippen LogP contribution in [0.3, 0.4) is 0 Å². The third-order valence-electron chi connectivity index (χ3n) is 6.67. The number of hydrogen-bond donors (Lipinski definition) is 2. The number of unbranched alkanes of at least 4 members (excludes halogenated alkanes) is 4. The van der Waals surface area contributed by atoms with Crippen LogP contribution in [0.5, 0.6) is 0 Å². The van der Waals surface area contributed by atoms with Gasteiger partial charge >= 0.3 is 0 Å². The smallest absolute Gasteiger partial charge is 0.0691 e. The summed E-state index contributed by atoms with van der Waals surface area (Å²) in [6, 6.07) is 12.9. The van der Waals surface area contributed by atoms with Gasteiger partial charge in [-0.1, -0.05) is 39.5 Å². The maximum absolute atomic E-state index is 5.18. The maximum atomic E-state index is 5.18. The van der Waals surface area contributed by atoms with Gasteiger partial charge in [0.2, 0.25) is 0 Å².